The number of aromatic carboxylic acids is 4. The smallest absolute Gasteiger partial charge is 0.336 e. The van der Waals surface area contributed by atoms with Crippen LogP contribution in [0.1, 0.15) is 110 Å². The fourth-order valence-electron chi connectivity index (χ4n) is 8.58. The number of ether oxygens (including phenoxy) is 1. The van der Waals surface area contributed by atoms with Crippen LogP contribution in [0.2, 0.25) is 38.3 Å². The summed E-state index contributed by atoms with van der Waals surface area (Å²) < 4.78 is 12.4. The maximum Gasteiger partial charge on any atom is 0.336 e. The van der Waals surface area contributed by atoms with Crippen molar-refractivity contribution in [2.45, 2.75) is 65.0 Å². The van der Waals surface area contributed by atoms with Gasteiger partial charge in [-0.15, -0.1) is 0 Å². The minimum atomic E-state index is -1.93. The van der Waals surface area contributed by atoms with Crippen molar-refractivity contribution < 1.29 is 67.6 Å². The molecule has 6 aromatic rings. The Balaban J connectivity index is 0.000000287. The molecule has 0 bridgehead atoms. The molecule has 18 nitrogen and oxygen atoms in total. The van der Waals surface area contributed by atoms with Crippen LogP contribution in [-0.2, 0) is 4.12 Å². The zero-order valence-corrected chi connectivity index (χ0v) is 46.7. The van der Waals surface area contributed by atoms with Crippen LogP contribution in [0.5, 0.6) is 11.5 Å². The summed E-state index contributed by atoms with van der Waals surface area (Å²) in [5.41, 5.74) is 2.59. The van der Waals surface area contributed by atoms with Crippen molar-refractivity contribution in [2.24, 2.45) is 0 Å². The molecule has 408 valence electrons. The average Bonchev–Trinajstić information content (AvgIpc) is 3.39. The van der Waals surface area contributed by atoms with Gasteiger partial charge < -0.3 is 50.5 Å². The Morgan fingerprint density at radius 1 is 0.436 bits per heavy atom. The lowest BCUT2D eigenvalue weighted by Crippen LogP contribution is -2.44. The molecule has 0 aliphatic heterocycles. The maximum atomic E-state index is 13.1. The Morgan fingerprint density at radius 3 is 1.14 bits per heavy atom. The van der Waals surface area contributed by atoms with Gasteiger partial charge in [-0.25, -0.2) is 19.2 Å². The van der Waals surface area contributed by atoms with Crippen LogP contribution >= 0.6 is 0 Å². The van der Waals surface area contributed by atoms with Gasteiger partial charge in [-0.3, -0.25) is 19.2 Å². The zero-order chi connectivity index (χ0) is 57.5. The fraction of sp³-hybridized carbons (Fsp3) is 0.241. The quantitative estimate of drug-likeness (QED) is 0.0159. The zero-order valence-electron chi connectivity index (χ0n) is 44.7. The number of carboxylic acids is 4. The van der Waals surface area contributed by atoms with E-state index in [0.717, 1.165) is 30.7 Å². The predicted octanol–water partition coefficient (Wildman–Crippen LogP) is 11.1. The first kappa shape index (κ1) is 60.3. The summed E-state index contributed by atoms with van der Waals surface area (Å²) in [7, 11) is 0.0582. The lowest BCUT2D eigenvalue weighted by molar-refractivity contribution is 0.0682. The van der Waals surface area contributed by atoms with Crippen LogP contribution in [0.3, 0.4) is 0 Å². The van der Waals surface area contributed by atoms with Crippen molar-refractivity contribution in [3.8, 4) is 33.8 Å². The van der Waals surface area contributed by atoms with Crippen LogP contribution in [0.25, 0.3) is 22.3 Å². The number of amides is 2. The first-order valence-corrected chi connectivity index (χ1v) is 31.1. The number of benzene rings is 6. The van der Waals surface area contributed by atoms with Gasteiger partial charge in [-0.2, -0.15) is 0 Å². The third-order valence-electron chi connectivity index (χ3n) is 12.4. The number of hydrogen-bond acceptors (Lipinski definition) is 12. The van der Waals surface area contributed by atoms with Gasteiger partial charge in [0.2, 0.25) is 0 Å². The van der Waals surface area contributed by atoms with Crippen molar-refractivity contribution >= 4 is 75.3 Å². The molecule has 78 heavy (non-hydrogen) atoms. The number of anilines is 2. The number of carboxylic acid groups (broad SMARTS) is 4. The largest absolute Gasteiger partial charge is 0.478 e. The Bertz CT molecular complexity index is 3230. The number of ketones is 2. The van der Waals surface area contributed by atoms with Gasteiger partial charge in [0.05, 0.1) is 33.4 Å². The van der Waals surface area contributed by atoms with Gasteiger partial charge in [-0.1, -0.05) is 24.3 Å². The maximum absolute atomic E-state index is 13.1. The molecular formula is C58H64N4O14Si2. The standard InChI is InChI=1S/C30H24N2O7.C28H40N2O7Si2/c1-17(33)26-15-18(3-13-24(26)29(35)36)19-4-14-25(30(37)38)27(16-19)28(34)32-21-7-11-23(12-8-21)39-22-9-5-20(31-2)6-10-22;1-19(31)24-17-20(9-11-22(24)27(33)34)21-10-12-23(28(35)36)25(18-21)26(32)30-14-8-16-39(5,6)37-38(3,4)15-7-13-29-2/h3-16,31H,1-2H3,(H,32,34)(H,35,36)(H,37,38);9-12,17-18,29H,7-8,13-16H2,1-6H3,(H,30,32)(H,33,34)(H,35,36). The molecule has 2 amide bonds. The number of Topliss-reactive ketones (excluding diaryl/α,β-unsaturated/α-hetero) is 2. The molecule has 0 fully saturated rings. The van der Waals surface area contributed by atoms with Crippen LogP contribution < -0.4 is 26.0 Å². The van der Waals surface area contributed by atoms with E-state index in [4.69, 9.17) is 8.85 Å². The van der Waals surface area contributed by atoms with Crippen molar-refractivity contribution in [3.05, 3.63) is 166 Å². The number of rotatable bonds is 24. The van der Waals surface area contributed by atoms with Gasteiger partial charge in [0.25, 0.3) is 11.8 Å². The third-order valence-corrected chi connectivity index (χ3v) is 19.9. The summed E-state index contributed by atoms with van der Waals surface area (Å²) in [5, 5.41) is 49.8. The monoisotopic (exact) mass is 1100 g/mol. The second-order valence-electron chi connectivity index (χ2n) is 19.4. The molecule has 0 saturated heterocycles. The summed E-state index contributed by atoms with van der Waals surface area (Å²) in [6.45, 7) is 12.8. The Labute approximate surface area is 454 Å². The van der Waals surface area contributed by atoms with Crippen molar-refractivity contribution in [3.63, 3.8) is 0 Å². The van der Waals surface area contributed by atoms with Crippen LogP contribution in [0.15, 0.2) is 121 Å². The van der Waals surface area contributed by atoms with Gasteiger partial charge >= 0.3 is 23.9 Å². The second kappa shape index (κ2) is 27.0. The Kier molecular flexibility index (Phi) is 20.8. The summed E-state index contributed by atoms with van der Waals surface area (Å²) in [4.78, 5) is 96.8. The molecule has 20 heteroatoms. The minimum Gasteiger partial charge on any atom is -0.478 e. The van der Waals surface area contributed by atoms with Gasteiger partial charge in [0.15, 0.2) is 28.2 Å². The SMILES string of the molecule is CNCCC[Si](C)(C)O[Si](C)(C)CCCNC(=O)c1cc(-c2ccc(C(=O)O)c(C(C)=O)c2)ccc1C(=O)O.CNc1ccc(Oc2ccc(NC(=O)c3cc(-c4ccc(C(=O)O)c(C(C)=O)c4)ccc3C(=O)O)cc2)cc1. The molecule has 0 aromatic heterocycles. The van der Waals surface area contributed by atoms with Crippen molar-refractivity contribution in [1.82, 2.24) is 10.6 Å². The van der Waals surface area contributed by atoms with E-state index in [1.54, 1.807) is 24.3 Å². The molecule has 0 atom stereocenters. The molecule has 6 rings (SSSR count). The first-order valence-electron chi connectivity index (χ1n) is 24.9. The van der Waals surface area contributed by atoms with E-state index in [2.05, 4.69) is 47.5 Å². The number of hydrogen-bond donors (Lipinski definition) is 8. The summed E-state index contributed by atoms with van der Waals surface area (Å²) in [6.07, 6.45) is 1.80. The molecule has 0 heterocycles. The molecule has 8 N–H and O–H groups in total. The third kappa shape index (κ3) is 16.7. The average molecular weight is 1100 g/mol. The molecule has 0 aliphatic carbocycles. The van der Waals surface area contributed by atoms with Crippen molar-refractivity contribution in [2.75, 3.05) is 37.8 Å². The molecule has 0 spiro atoms. The predicted molar refractivity (Wildman–Crippen MR) is 303 cm³/mol. The van der Waals surface area contributed by atoms with E-state index >= 15 is 0 Å². The molecule has 0 radical (unpaired) electrons. The van der Waals surface area contributed by atoms with E-state index in [1.165, 1.54) is 86.6 Å². The van der Waals surface area contributed by atoms with E-state index in [0.29, 0.717) is 52.4 Å². The van der Waals surface area contributed by atoms with Crippen LogP contribution in [-0.4, -0.2) is 112 Å². The fourth-order valence-corrected chi connectivity index (χ4v) is 17.4. The molecule has 0 aliphatic rings. The van der Waals surface area contributed by atoms with Gasteiger partial charge in [-0.05, 0) is 198 Å². The number of carbonyl (C=O) groups is 8. The molecule has 0 unspecified atom stereocenters. The molecule has 6 aromatic carbocycles. The first-order chi connectivity index (χ1) is 36.8. The van der Waals surface area contributed by atoms with E-state index in [1.807, 2.05) is 38.4 Å². The van der Waals surface area contributed by atoms with Crippen LogP contribution in [0.4, 0.5) is 11.4 Å². The summed E-state index contributed by atoms with van der Waals surface area (Å²) in [5.74, 6) is -5.80. The topological polar surface area (TPSA) is 284 Å². The van der Waals surface area contributed by atoms with Crippen molar-refractivity contribution in [1.29, 1.82) is 0 Å². The van der Waals surface area contributed by atoms with Gasteiger partial charge in [0.1, 0.15) is 11.5 Å². The minimum absolute atomic E-state index is 0.00230. The lowest BCUT2D eigenvalue weighted by Gasteiger charge is -2.34. The molecular weight excluding hydrogens is 1030 g/mol. The normalized spacial score (nSPS) is 11.1. The number of nitrogens with one attached hydrogen (secondary N) is 4. The van der Waals surface area contributed by atoms with E-state index in [9.17, 15) is 58.8 Å². The Morgan fingerprint density at radius 2 is 0.782 bits per heavy atom. The Hall–Kier alpha value is -8.57. The molecule has 0 saturated carbocycles. The number of carbonyl (C=O) groups excluding carboxylic acids is 4. The summed E-state index contributed by atoms with van der Waals surface area (Å²) >= 11 is 0. The second-order valence-corrected chi connectivity index (χ2v) is 28.3. The highest BCUT2D eigenvalue weighted by molar-refractivity contribution is 6.84. The highest BCUT2D eigenvalue weighted by Crippen LogP contribution is 2.30. The highest BCUT2D eigenvalue weighted by Gasteiger charge is 2.32. The van der Waals surface area contributed by atoms with Crippen LogP contribution in [0, 0.1) is 0 Å². The highest BCUT2D eigenvalue weighted by atomic mass is 28.4. The van der Waals surface area contributed by atoms with E-state index in [-0.39, 0.29) is 44.5 Å². The lowest BCUT2D eigenvalue weighted by atomic mass is 9.94. The van der Waals surface area contributed by atoms with Gasteiger partial charge in [0, 0.05) is 36.1 Å². The van der Waals surface area contributed by atoms with E-state index < -0.39 is 63.9 Å². The summed E-state index contributed by atoms with van der Waals surface area (Å²) in [6, 6.07) is 33.0.